The number of hydrogen-bond donors (Lipinski definition) is 1. The van der Waals surface area contributed by atoms with Crippen LogP contribution in [0.4, 0.5) is 0 Å². The molecule has 0 aliphatic heterocycles. The number of carbonyl (C=O) groups is 1. The largest absolute Gasteiger partial charge is 0.483 e. The van der Waals surface area contributed by atoms with Crippen LogP contribution < -0.4 is 10.1 Å². The molecule has 3 rings (SSSR count). The van der Waals surface area contributed by atoms with Crippen LogP contribution in [0.25, 0.3) is 0 Å². The summed E-state index contributed by atoms with van der Waals surface area (Å²) in [6.07, 6.45) is 4.60. The molecule has 2 aromatic rings. The van der Waals surface area contributed by atoms with Gasteiger partial charge in [0.25, 0.3) is 5.91 Å². The Hall–Kier alpha value is -2.29. The van der Waals surface area contributed by atoms with Crippen molar-refractivity contribution < 1.29 is 9.53 Å². The zero-order valence-electron chi connectivity index (χ0n) is 15.4. The first-order valence-corrected chi connectivity index (χ1v) is 9.14. The fourth-order valence-corrected chi connectivity index (χ4v) is 3.70. The van der Waals surface area contributed by atoms with Gasteiger partial charge < -0.3 is 10.1 Å². The van der Waals surface area contributed by atoms with Gasteiger partial charge in [-0.3, -0.25) is 4.79 Å². The minimum atomic E-state index is -0.0825. The normalized spacial score (nSPS) is 14.5. The third-order valence-corrected chi connectivity index (χ3v) is 4.98. The highest BCUT2D eigenvalue weighted by molar-refractivity contribution is 5.78. The van der Waals surface area contributed by atoms with E-state index >= 15 is 0 Å². The van der Waals surface area contributed by atoms with Gasteiger partial charge in [0, 0.05) is 0 Å². The van der Waals surface area contributed by atoms with Gasteiger partial charge in [-0.15, -0.1) is 0 Å². The second-order valence-electron chi connectivity index (χ2n) is 7.04. The summed E-state index contributed by atoms with van der Waals surface area (Å²) in [5.74, 6) is 0.785. The van der Waals surface area contributed by atoms with Gasteiger partial charge in [-0.25, -0.2) is 0 Å². The third kappa shape index (κ3) is 4.22. The fourth-order valence-electron chi connectivity index (χ4n) is 3.70. The number of aryl methyl sites for hydroxylation is 3. The average molecular weight is 337 g/mol. The third-order valence-electron chi connectivity index (χ3n) is 4.98. The highest BCUT2D eigenvalue weighted by Crippen LogP contribution is 2.29. The van der Waals surface area contributed by atoms with Crippen LogP contribution in [-0.2, 0) is 17.6 Å². The molecule has 0 spiro atoms. The number of carbonyl (C=O) groups excluding carboxylic acids is 1. The van der Waals surface area contributed by atoms with Crippen LogP contribution in [0.15, 0.2) is 36.4 Å². The molecule has 1 atom stereocenters. The molecule has 0 heterocycles. The molecular weight excluding hydrogens is 310 g/mol. The molecule has 0 fully saturated rings. The number of benzene rings is 2. The van der Waals surface area contributed by atoms with E-state index in [1.807, 2.05) is 19.1 Å². The van der Waals surface area contributed by atoms with E-state index in [4.69, 9.17) is 4.74 Å². The van der Waals surface area contributed by atoms with Crippen molar-refractivity contribution in [2.45, 2.75) is 52.5 Å². The number of ether oxygens (including phenoxy) is 1. The topological polar surface area (TPSA) is 38.3 Å². The Morgan fingerprint density at radius 3 is 2.76 bits per heavy atom. The second-order valence-corrected chi connectivity index (χ2v) is 7.04. The van der Waals surface area contributed by atoms with Crippen LogP contribution in [0.5, 0.6) is 5.75 Å². The average Bonchev–Trinajstić information content (AvgIpc) is 2.59. The molecule has 132 valence electrons. The van der Waals surface area contributed by atoms with E-state index in [2.05, 4.69) is 43.4 Å². The van der Waals surface area contributed by atoms with Crippen molar-refractivity contribution in [3.05, 3.63) is 64.2 Å². The van der Waals surface area contributed by atoms with Crippen molar-refractivity contribution in [2.24, 2.45) is 0 Å². The van der Waals surface area contributed by atoms with Crippen molar-refractivity contribution in [3.63, 3.8) is 0 Å². The molecule has 3 heteroatoms. The van der Waals surface area contributed by atoms with E-state index in [1.165, 1.54) is 35.1 Å². The molecule has 25 heavy (non-hydrogen) atoms. The summed E-state index contributed by atoms with van der Waals surface area (Å²) >= 11 is 0. The maximum atomic E-state index is 12.3. The van der Waals surface area contributed by atoms with Gasteiger partial charge in [0.15, 0.2) is 6.61 Å². The molecule has 1 N–H and O–H groups in total. The summed E-state index contributed by atoms with van der Waals surface area (Å²) in [7, 11) is 0. The Morgan fingerprint density at radius 2 is 1.96 bits per heavy atom. The maximum Gasteiger partial charge on any atom is 0.258 e. The number of nitrogens with one attached hydrogen (secondary N) is 1. The Bertz CT molecular complexity index is 767. The molecule has 0 unspecified atom stereocenters. The summed E-state index contributed by atoms with van der Waals surface area (Å²) in [6, 6.07) is 12.5. The number of rotatable bonds is 5. The highest BCUT2D eigenvalue weighted by atomic mass is 16.5. The van der Waals surface area contributed by atoms with E-state index in [1.54, 1.807) is 0 Å². The molecule has 1 aliphatic rings. The molecule has 1 aliphatic carbocycles. The second kappa shape index (κ2) is 7.73. The Kier molecular flexibility index (Phi) is 5.42. The zero-order valence-corrected chi connectivity index (χ0v) is 15.4. The first-order valence-electron chi connectivity index (χ1n) is 9.14. The zero-order chi connectivity index (χ0) is 17.8. The quantitative estimate of drug-likeness (QED) is 0.876. The van der Waals surface area contributed by atoms with Crippen LogP contribution in [0, 0.1) is 13.8 Å². The summed E-state index contributed by atoms with van der Waals surface area (Å²) in [5, 5.41) is 3.04. The van der Waals surface area contributed by atoms with Crippen molar-refractivity contribution in [2.75, 3.05) is 6.61 Å². The van der Waals surface area contributed by atoms with Crippen LogP contribution in [-0.4, -0.2) is 12.5 Å². The van der Waals surface area contributed by atoms with Crippen molar-refractivity contribution in [1.82, 2.24) is 5.32 Å². The predicted octanol–water partition coefficient (Wildman–Crippen LogP) is 4.44. The standard InChI is InChI=1S/C22H27NO2/c1-15-11-12-19(16(2)13-15)17(3)23-22(24)14-25-21-10-6-8-18-7-4-5-9-20(18)21/h6,8,10-13,17H,4-5,7,9,14H2,1-3H3,(H,23,24)/t17-/m0/s1. The van der Waals surface area contributed by atoms with Gasteiger partial charge in [0.2, 0.25) is 0 Å². The van der Waals surface area contributed by atoms with E-state index < -0.39 is 0 Å². The smallest absolute Gasteiger partial charge is 0.258 e. The molecule has 0 radical (unpaired) electrons. The molecule has 0 saturated heterocycles. The number of fused-ring (bicyclic) bond motifs is 1. The van der Waals surface area contributed by atoms with Gasteiger partial charge in [-0.1, -0.05) is 35.9 Å². The van der Waals surface area contributed by atoms with Crippen molar-refractivity contribution in [1.29, 1.82) is 0 Å². The minimum absolute atomic E-state index is 0.0265. The van der Waals surface area contributed by atoms with Gasteiger partial charge in [-0.05, 0) is 74.8 Å². The van der Waals surface area contributed by atoms with Crippen LogP contribution in [0.2, 0.25) is 0 Å². The van der Waals surface area contributed by atoms with Gasteiger partial charge in [-0.2, -0.15) is 0 Å². The summed E-state index contributed by atoms with van der Waals surface area (Å²) in [4.78, 5) is 12.3. The van der Waals surface area contributed by atoms with Crippen LogP contribution >= 0.6 is 0 Å². The lowest BCUT2D eigenvalue weighted by atomic mass is 9.91. The van der Waals surface area contributed by atoms with Crippen molar-refractivity contribution >= 4 is 5.91 Å². The SMILES string of the molecule is Cc1ccc([C@H](C)NC(=O)COc2cccc3c2CCCC3)c(C)c1. The maximum absolute atomic E-state index is 12.3. The molecular formula is C22H27NO2. The summed E-state index contributed by atoms with van der Waals surface area (Å²) in [5.41, 5.74) is 6.23. The molecule has 1 amide bonds. The molecule has 0 aromatic heterocycles. The molecule has 3 nitrogen and oxygen atoms in total. The first-order chi connectivity index (χ1) is 12.0. The predicted molar refractivity (Wildman–Crippen MR) is 101 cm³/mol. The Labute approximate surface area is 150 Å². The lowest BCUT2D eigenvalue weighted by molar-refractivity contribution is -0.123. The molecule has 2 aromatic carbocycles. The van der Waals surface area contributed by atoms with Crippen LogP contribution in [0.3, 0.4) is 0 Å². The van der Waals surface area contributed by atoms with E-state index in [0.717, 1.165) is 24.2 Å². The molecule has 0 bridgehead atoms. The van der Waals surface area contributed by atoms with Crippen molar-refractivity contribution in [3.8, 4) is 5.75 Å². The van der Waals surface area contributed by atoms with Crippen LogP contribution in [0.1, 0.15) is 53.6 Å². The van der Waals surface area contributed by atoms with Gasteiger partial charge in [0.05, 0.1) is 6.04 Å². The summed E-state index contributed by atoms with van der Waals surface area (Å²) in [6.45, 7) is 6.23. The Balaban J connectivity index is 1.60. The fraction of sp³-hybridized carbons (Fsp3) is 0.409. The lowest BCUT2D eigenvalue weighted by Gasteiger charge is -2.20. The molecule has 0 saturated carbocycles. The van der Waals surface area contributed by atoms with Gasteiger partial charge >= 0.3 is 0 Å². The Morgan fingerprint density at radius 1 is 1.16 bits per heavy atom. The van der Waals surface area contributed by atoms with E-state index in [-0.39, 0.29) is 18.6 Å². The van der Waals surface area contributed by atoms with E-state index in [0.29, 0.717) is 0 Å². The monoisotopic (exact) mass is 337 g/mol. The van der Waals surface area contributed by atoms with E-state index in [9.17, 15) is 4.79 Å². The highest BCUT2D eigenvalue weighted by Gasteiger charge is 2.16. The lowest BCUT2D eigenvalue weighted by Crippen LogP contribution is -2.31. The minimum Gasteiger partial charge on any atom is -0.483 e. The first kappa shape index (κ1) is 17.5. The summed E-state index contributed by atoms with van der Waals surface area (Å²) < 4.78 is 5.84. The number of hydrogen-bond acceptors (Lipinski definition) is 2. The number of amides is 1. The van der Waals surface area contributed by atoms with Gasteiger partial charge in [0.1, 0.15) is 5.75 Å².